The van der Waals surface area contributed by atoms with Gasteiger partial charge in [-0.15, -0.1) is 0 Å². The lowest BCUT2D eigenvalue weighted by Gasteiger charge is -2.22. The molecule has 2 aromatic rings. The zero-order chi connectivity index (χ0) is 23.1. The van der Waals surface area contributed by atoms with Gasteiger partial charge in [0.05, 0.1) is 17.6 Å². The largest absolute Gasteiger partial charge is 0.514 e. The average molecular weight is 461 g/mol. The van der Waals surface area contributed by atoms with Gasteiger partial charge < -0.3 is 14.8 Å². The second-order valence-electron chi connectivity index (χ2n) is 7.21. The lowest BCUT2D eigenvalue weighted by molar-refractivity contribution is 0.0926. The van der Waals surface area contributed by atoms with Gasteiger partial charge in [0, 0.05) is 23.9 Å². The van der Waals surface area contributed by atoms with Crippen LogP contribution < -0.4 is 14.8 Å². The maximum atomic E-state index is 12.7. The van der Waals surface area contributed by atoms with Crippen molar-refractivity contribution >= 4 is 28.0 Å². The van der Waals surface area contributed by atoms with Gasteiger partial charge in [0.25, 0.3) is 21.8 Å². The number of nitrogens with one attached hydrogen (secondary N) is 2. The van der Waals surface area contributed by atoms with Crippen molar-refractivity contribution in [2.24, 2.45) is 0 Å². The summed E-state index contributed by atoms with van der Waals surface area (Å²) in [5.74, 6) is -1.40. The Morgan fingerprint density at radius 2 is 1.75 bits per heavy atom. The molecule has 11 heteroatoms. The van der Waals surface area contributed by atoms with E-state index in [0.717, 1.165) is 45.4 Å². The lowest BCUT2D eigenvalue weighted by atomic mass is 9.95. The number of benzene rings is 1. The second kappa shape index (κ2) is 10.2. The van der Waals surface area contributed by atoms with Crippen molar-refractivity contribution in [3.63, 3.8) is 0 Å². The van der Waals surface area contributed by atoms with Crippen molar-refractivity contribution in [1.82, 2.24) is 15.0 Å². The van der Waals surface area contributed by atoms with Crippen LogP contribution in [0.15, 0.2) is 47.5 Å². The molecule has 1 fully saturated rings. The number of carbonyl (C=O) groups is 3. The van der Waals surface area contributed by atoms with Crippen LogP contribution >= 0.6 is 0 Å². The topological polar surface area (TPSA) is 141 Å². The molecule has 0 radical (unpaired) electrons. The van der Waals surface area contributed by atoms with Gasteiger partial charge in [-0.05, 0) is 37.1 Å². The number of hydrogen-bond acceptors (Lipinski definition) is 8. The van der Waals surface area contributed by atoms with Crippen LogP contribution in [0.4, 0.5) is 4.79 Å². The molecule has 32 heavy (non-hydrogen) atoms. The number of sulfonamides is 1. The van der Waals surface area contributed by atoms with E-state index in [1.54, 1.807) is 0 Å². The van der Waals surface area contributed by atoms with Crippen molar-refractivity contribution in [3.8, 4) is 5.88 Å². The van der Waals surface area contributed by atoms with E-state index < -0.39 is 22.1 Å². The summed E-state index contributed by atoms with van der Waals surface area (Å²) < 4.78 is 36.3. The van der Waals surface area contributed by atoms with E-state index in [1.165, 1.54) is 36.4 Å². The van der Waals surface area contributed by atoms with Gasteiger partial charge >= 0.3 is 6.16 Å². The standard InChI is InChI=1S/C21H23N3O7S/c1-30-21(27)31-18-11-10-15(13-22-18)20(26)24-32(28,29)17-9-5-6-14(12-17)19(25)23-16-7-3-2-4-8-16/h5-6,9-13,16H,2-4,7-8H2,1H3,(H,23,25)(H,24,26). The maximum Gasteiger partial charge on any atom is 0.514 e. The van der Waals surface area contributed by atoms with Gasteiger partial charge in [0.1, 0.15) is 0 Å². The van der Waals surface area contributed by atoms with Crippen molar-refractivity contribution < 1.29 is 32.3 Å². The predicted octanol–water partition coefficient (Wildman–Crippen LogP) is 2.41. The molecule has 10 nitrogen and oxygen atoms in total. The normalized spacial score (nSPS) is 14.3. The molecule has 0 atom stereocenters. The van der Waals surface area contributed by atoms with Crippen LogP contribution in [0.25, 0.3) is 0 Å². The Bertz CT molecular complexity index is 1090. The van der Waals surface area contributed by atoms with Gasteiger partial charge in [-0.3, -0.25) is 9.59 Å². The third kappa shape index (κ3) is 6.03. The minimum absolute atomic E-state index is 0.0722. The molecule has 3 rings (SSSR count). The fourth-order valence-corrected chi connectivity index (χ4v) is 4.28. The van der Waals surface area contributed by atoms with Crippen LogP contribution in [0.1, 0.15) is 52.8 Å². The van der Waals surface area contributed by atoms with E-state index >= 15 is 0 Å². The van der Waals surface area contributed by atoms with Crippen molar-refractivity contribution in [3.05, 3.63) is 53.7 Å². The average Bonchev–Trinajstić information content (AvgIpc) is 2.80. The van der Waals surface area contributed by atoms with Crippen LogP contribution in [0, 0.1) is 0 Å². The molecule has 2 N–H and O–H groups in total. The van der Waals surface area contributed by atoms with Crippen LogP contribution in [0.2, 0.25) is 0 Å². The molecule has 1 aliphatic carbocycles. The van der Waals surface area contributed by atoms with Crippen LogP contribution in [0.5, 0.6) is 5.88 Å². The second-order valence-corrected chi connectivity index (χ2v) is 8.89. The molecule has 1 aromatic carbocycles. The predicted molar refractivity (Wildman–Crippen MR) is 113 cm³/mol. The van der Waals surface area contributed by atoms with Crippen LogP contribution in [-0.2, 0) is 14.8 Å². The molecule has 2 amide bonds. The summed E-state index contributed by atoms with van der Waals surface area (Å²) in [6.45, 7) is 0. The Hall–Kier alpha value is -3.47. The summed E-state index contributed by atoms with van der Waals surface area (Å²) in [5.41, 5.74) is 0.119. The summed E-state index contributed by atoms with van der Waals surface area (Å²) in [5, 5.41) is 2.93. The molecule has 1 aliphatic rings. The van der Waals surface area contributed by atoms with Crippen molar-refractivity contribution in [2.45, 2.75) is 43.0 Å². The van der Waals surface area contributed by atoms with Gasteiger partial charge in [-0.2, -0.15) is 0 Å². The Morgan fingerprint density at radius 3 is 2.41 bits per heavy atom. The number of ether oxygens (including phenoxy) is 2. The Kier molecular flexibility index (Phi) is 7.41. The van der Waals surface area contributed by atoms with E-state index in [9.17, 15) is 22.8 Å². The lowest BCUT2D eigenvalue weighted by Crippen LogP contribution is -2.36. The molecule has 0 spiro atoms. The number of hydrogen-bond donors (Lipinski definition) is 2. The molecular formula is C21H23N3O7S. The van der Waals surface area contributed by atoms with E-state index in [0.29, 0.717) is 0 Å². The van der Waals surface area contributed by atoms with E-state index in [4.69, 9.17) is 4.74 Å². The maximum absolute atomic E-state index is 12.7. The number of carbonyl (C=O) groups excluding carboxylic acids is 3. The van der Waals surface area contributed by atoms with E-state index in [2.05, 4.69) is 15.0 Å². The Balaban J connectivity index is 1.68. The quantitative estimate of drug-likeness (QED) is 0.625. The molecule has 1 heterocycles. The zero-order valence-electron chi connectivity index (χ0n) is 17.4. The molecule has 1 saturated carbocycles. The number of aromatic nitrogens is 1. The molecule has 0 unspecified atom stereocenters. The SMILES string of the molecule is COC(=O)Oc1ccc(C(=O)NS(=O)(=O)c2cccc(C(=O)NC3CCCCC3)c2)cn1. The number of rotatable bonds is 6. The first-order chi connectivity index (χ1) is 15.3. The highest BCUT2D eigenvalue weighted by Gasteiger charge is 2.22. The van der Waals surface area contributed by atoms with E-state index in [1.807, 2.05) is 4.72 Å². The highest BCUT2D eigenvalue weighted by Crippen LogP contribution is 2.19. The molecule has 0 aliphatic heterocycles. The summed E-state index contributed by atoms with van der Waals surface area (Å²) >= 11 is 0. The third-order valence-electron chi connectivity index (χ3n) is 4.93. The molecule has 1 aromatic heterocycles. The number of nitrogens with zero attached hydrogens (tertiary/aromatic N) is 1. The van der Waals surface area contributed by atoms with Gasteiger partial charge in [0.15, 0.2) is 0 Å². The summed E-state index contributed by atoms with van der Waals surface area (Å²) in [6, 6.07) is 8.00. The molecule has 0 bridgehead atoms. The highest BCUT2D eigenvalue weighted by molar-refractivity contribution is 7.90. The van der Waals surface area contributed by atoms with Crippen molar-refractivity contribution in [2.75, 3.05) is 7.11 Å². The molecule has 0 saturated heterocycles. The number of pyridine rings is 1. The zero-order valence-corrected chi connectivity index (χ0v) is 18.2. The van der Waals surface area contributed by atoms with Gasteiger partial charge in [-0.25, -0.2) is 22.9 Å². The first-order valence-corrected chi connectivity index (χ1v) is 11.5. The number of amides is 2. The van der Waals surface area contributed by atoms with Crippen LogP contribution in [0.3, 0.4) is 0 Å². The minimum atomic E-state index is -4.24. The highest BCUT2D eigenvalue weighted by atomic mass is 32.2. The fourth-order valence-electron chi connectivity index (χ4n) is 3.26. The molecule has 170 valence electrons. The fraction of sp³-hybridized carbons (Fsp3) is 0.333. The summed E-state index contributed by atoms with van der Waals surface area (Å²) in [4.78, 5) is 39.5. The van der Waals surface area contributed by atoms with Gasteiger partial charge in [0.2, 0.25) is 5.88 Å². The Labute approximate surface area is 185 Å². The smallest absolute Gasteiger partial charge is 0.437 e. The van der Waals surface area contributed by atoms with Gasteiger partial charge in [-0.1, -0.05) is 25.3 Å². The molecular weight excluding hydrogens is 438 g/mol. The summed E-state index contributed by atoms with van der Waals surface area (Å²) in [7, 11) is -3.11. The Morgan fingerprint density at radius 1 is 1.00 bits per heavy atom. The van der Waals surface area contributed by atoms with Crippen LogP contribution in [-0.4, -0.2) is 44.5 Å². The monoisotopic (exact) mass is 461 g/mol. The third-order valence-corrected chi connectivity index (χ3v) is 6.26. The first kappa shape index (κ1) is 23.2. The van der Waals surface area contributed by atoms with E-state index in [-0.39, 0.29) is 33.9 Å². The first-order valence-electron chi connectivity index (χ1n) is 9.98. The minimum Gasteiger partial charge on any atom is -0.437 e. The number of methoxy groups -OCH3 is 1. The van der Waals surface area contributed by atoms with Crippen molar-refractivity contribution in [1.29, 1.82) is 0 Å². The summed E-state index contributed by atoms with van der Waals surface area (Å²) in [6.07, 6.45) is 5.12.